The Balaban J connectivity index is 2.22. The normalized spacial score (nSPS) is 13.2. The van der Waals surface area contributed by atoms with E-state index in [0.717, 1.165) is 17.5 Å². The molecule has 0 saturated heterocycles. The molecular formula is C18H21N3O2S. The first-order chi connectivity index (χ1) is 11.6. The van der Waals surface area contributed by atoms with Crippen LogP contribution in [0.5, 0.6) is 0 Å². The van der Waals surface area contributed by atoms with E-state index in [1.54, 1.807) is 36.5 Å². The monoisotopic (exact) mass is 343 g/mol. The van der Waals surface area contributed by atoms with Gasteiger partial charge in [-0.05, 0) is 43.8 Å². The van der Waals surface area contributed by atoms with Crippen molar-refractivity contribution in [2.24, 2.45) is 0 Å². The highest BCUT2D eigenvalue weighted by Gasteiger charge is 2.24. The van der Waals surface area contributed by atoms with Gasteiger partial charge in [-0.15, -0.1) is 0 Å². The fraction of sp³-hybridized carbons (Fsp3) is 0.278. The first-order valence-corrected chi connectivity index (χ1v) is 9.45. The summed E-state index contributed by atoms with van der Waals surface area (Å²) in [7, 11) is -1.79. The Kier molecular flexibility index (Phi) is 4.69. The SMILES string of the molecule is CC[C@@H](Cc1cc2cccnc2n1S(=O)(=O)c1ccccc1)NC. The molecule has 0 aliphatic heterocycles. The molecule has 1 aromatic carbocycles. The van der Waals surface area contributed by atoms with E-state index in [9.17, 15) is 8.42 Å². The van der Waals surface area contributed by atoms with Crippen LogP contribution in [0, 0.1) is 0 Å². The lowest BCUT2D eigenvalue weighted by atomic mass is 10.1. The minimum atomic E-state index is -3.69. The van der Waals surface area contributed by atoms with Crippen molar-refractivity contribution >= 4 is 21.1 Å². The van der Waals surface area contributed by atoms with Crippen LogP contribution in [0.25, 0.3) is 11.0 Å². The minimum Gasteiger partial charge on any atom is -0.317 e. The molecule has 0 unspecified atom stereocenters. The highest BCUT2D eigenvalue weighted by atomic mass is 32.2. The number of fused-ring (bicyclic) bond motifs is 1. The molecule has 1 atom stereocenters. The Bertz CT molecular complexity index is 929. The summed E-state index contributed by atoms with van der Waals surface area (Å²) in [6, 6.07) is 14.3. The van der Waals surface area contributed by atoms with Gasteiger partial charge in [-0.25, -0.2) is 17.4 Å². The second kappa shape index (κ2) is 6.75. The standard InChI is InChI=1S/C18H21N3O2S/c1-3-15(19-2)13-16-12-14-8-7-11-20-18(14)21(16)24(22,23)17-9-5-4-6-10-17/h4-12,15,19H,3,13H2,1-2H3/t15-/m0/s1. The van der Waals surface area contributed by atoms with Crippen LogP contribution in [-0.4, -0.2) is 30.5 Å². The minimum absolute atomic E-state index is 0.207. The molecule has 0 saturated carbocycles. The van der Waals surface area contributed by atoms with Gasteiger partial charge in [0.2, 0.25) is 0 Å². The molecule has 0 aliphatic rings. The third-order valence-electron chi connectivity index (χ3n) is 4.23. The van der Waals surface area contributed by atoms with Crippen LogP contribution in [0.4, 0.5) is 0 Å². The fourth-order valence-corrected chi connectivity index (χ4v) is 4.40. The number of rotatable bonds is 6. The van der Waals surface area contributed by atoms with Gasteiger partial charge in [-0.2, -0.15) is 0 Å². The van der Waals surface area contributed by atoms with Gasteiger partial charge in [0.25, 0.3) is 10.0 Å². The topological polar surface area (TPSA) is 64.0 Å². The molecule has 0 aliphatic carbocycles. The molecule has 126 valence electrons. The number of pyridine rings is 1. The molecule has 0 radical (unpaired) electrons. The lowest BCUT2D eigenvalue weighted by molar-refractivity contribution is 0.533. The zero-order valence-electron chi connectivity index (χ0n) is 13.8. The van der Waals surface area contributed by atoms with Crippen LogP contribution in [0.3, 0.4) is 0 Å². The van der Waals surface area contributed by atoms with Crippen LogP contribution in [0.15, 0.2) is 59.6 Å². The van der Waals surface area contributed by atoms with Crippen molar-refractivity contribution < 1.29 is 8.42 Å². The van der Waals surface area contributed by atoms with Crippen molar-refractivity contribution in [1.82, 2.24) is 14.3 Å². The molecule has 0 spiro atoms. The zero-order chi connectivity index (χ0) is 17.2. The molecule has 3 aromatic rings. The van der Waals surface area contributed by atoms with Crippen LogP contribution in [-0.2, 0) is 16.4 Å². The molecule has 0 amide bonds. The van der Waals surface area contributed by atoms with Crippen molar-refractivity contribution in [3.05, 3.63) is 60.4 Å². The van der Waals surface area contributed by atoms with Gasteiger partial charge in [0.1, 0.15) is 0 Å². The third kappa shape index (κ3) is 2.95. The average Bonchev–Trinajstić information content (AvgIpc) is 2.99. The maximum Gasteiger partial charge on any atom is 0.269 e. The first-order valence-electron chi connectivity index (χ1n) is 8.01. The van der Waals surface area contributed by atoms with Crippen molar-refractivity contribution in [1.29, 1.82) is 0 Å². The first kappa shape index (κ1) is 16.7. The van der Waals surface area contributed by atoms with Gasteiger partial charge in [-0.3, -0.25) is 0 Å². The van der Waals surface area contributed by atoms with Crippen LogP contribution in [0.2, 0.25) is 0 Å². The lowest BCUT2D eigenvalue weighted by Crippen LogP contribution is -2.28. The van der Waals surface area contributed by atoms with Gasteiger partial charge in [0.15, 0.2) is 5.65 Å². The molecule has 6 heteroatoms. The molecule has 2 aromatic heterocycles. The second-order valence-corrected chi connectivity index (χ2v) is 7.52. The predicted molar refractivity (Wildman–Crippen MR) is 95.6 cm³/mol. The van der Waals surface area contributed by atoms with E-state index in [2.05, 4.69) is 17.2 Å². The molecule has 5 nitrogen and oxygen atoms in total. The summed E-state index contributed by atoms with van der Waals surface area (Å²) in [4.78, 5) is 4.59. The summed E-state index contributed by atoms with van der Waals surface area (Å²) < 4.78 is 27.8. The van der Waals surface area contributed by atoms with Crippen molar-refractivity contribution in [2.75, 3.05) is 7.05 Å². The Hall–Kier alpha value is -2.18. The smallest absolute Gasteiger partial charge is 0.269 e. The van der Waals surface area contributed by atoms with Gasteiger partial charge >= 0.3 is 0 Å². The van der Waals surface area contributed by atoms with Gasteiger partial charge in [-0.1, -0.05) is 25.1 Å². The Morgan fingerprint density at radius 2 is 1.92 bits per heavy atom. The van der Waals surface area contributed by atoms with Crippen molar-refractivity contribution in [3.8, 4) is 0 Å². The second-order valence-electron chi connectivity index (χ2n) is 5.73. The molecule has 0 bridgehead atoms. The highest BCUT2D eigenvalue weighted by Crippen LogP contribution is 2.25. The predicted octanol–water partition coefficient (Wildman–Crippen LogP) is 2.81. The average molecular weight is 343 g/mol. The molecule has 0 fully saturated rings. The van der Waals surface area contributed by atoms with E-state index in [1.165, 1.54) is 3.97 Å². The van der Waals surface area contributed by atoms with Crippen LogP contribution < -0.4 is 5.32 Å². The number of nitrogens with one attached hydrogen (secondary N) is 1. The van der Waals surface area contributed by atoms with Crippen molar-refractivity contribution in [3.63, 3.8) is 0 Å². The Morgan fingerprint density at radius 3 is 2.58 bits per heavy atom. The maximum atomic E-state index is 13.2. The summed E-state index contributed by atoms with van der Waals surface area (Å²) in [5.74, 6) is 0. The number of likely N-dealkylation sites (N-methyl/N-ethyl adjacent to an activating group) is 1. The summed E-state index contributed by atoms with van der Waals surface area (Å²) in [5, 5.41) is 4.07. The maximum absolute atomic E-state index is 13.2. The lowest BCUT2D eigenvalue weighted by Gasteiger charge is -2.16. The van der Waals surface area contributed by atoms with Gasteiger partial charge < -0.3 is 5.32 Å². The molecule has 2 heterocycles. The Morgan fingerprint density at radius 1 is 1.17 bits per heavy atom. The van der Waals surface area contributed by atoms with Crippen LogP contribution in [0.1, 0.15) is 19.0 Å². The number of hydrogen-bond donors (Lipinski definition) is 1. The fourth-order valence-electron chi connectivity index (χ4n) is 2.88. The summed E-state index contributed by atoms with van der Waals surface area (Å²) in [6.07, 6.45) is 3.16. The molecular weight excluding hydrogens is 322 g/mol. The highest BCUT2D eigenvalue weighted by molar-refractivity contribution is 7.90. The molecule has 3 rings (SSSR count). The van der Waals surface area contributed by atoms with Gasteiger partial charge in [0.05, 0.1) is 4.90 Å². The zero-order valence-corrected chi connectivity index (χ0v) is 14.6. The third-order valence-corrected chi connectivity index (χ3v) is 5.99. The summed E-state index contributed by atoms with van der Waals surface area (Å²) >= 11 is 0. The van der Waals surface area contributed by atoms with Gasteiger partial charge in [0, 0.05) is 29.7 Å². The largest absolute Gasteiger partial charge is 0.317 e. The van der Waals surface area contributed by atoms with E-state index < -0.39 is 10.0 Å². The number of nitrogens with zero attached hydrogens (tertiary/aromatic N) is 2. The summed E-state index contributed by atoms with van der Waals surface area (Å²) in [6.45, 7) is 2.08. The van der Waals surface area contributed by atoms with Crippen molar-refractivity contribution in [2.45, 2.75) is 30.7 Å². The van der Waals surface area contributed by atoms with E-state index in [0.29, 0.717) is 12.1 Å². The molecule has 24 heavy (non-hydrogen) atoms. The van der Waals surface area contributed by atoms with E-state index in [4.69, 9.17) is 0 Å². The Labute approximate surface area is 142 Å². The number of benzene rings is 1. The van der Waals surface area contributed by atoms with Crippen LogP contribution >= 0.6 is 0 Å². The van der Waals surface area contributed by atoms with E-state index in [1.807, 2.05) is 25.2 Å². The quantitative estimate of drug-likeness (QED) is 0.747. The summed E-state index contributed by atoms with van der Waals surface area (Å²) in [5.41, 5.74) is 1.22. The van der Waals surface area contributed by atoms with E-state index in [-0.39, 0.29) is 10.9 Å². The van der Waals surface area contributed by atoms with E-state index >= 15 is 0 Å². The number of hydrogen-bond acceptors (Lipinski definition) is 4. The molecule has 1 N–H and O–H groups in total. The number of aromatic nitrogens is 2.